The highest BCUT2D eigenvalue weighted by Crippen LogP contribution is 2.20. The largest absolute Gasteiger partial charge is 0.497 e. The molecule has 2 aliphatic heterocycles. The number of amides is 2. The van der Waals surface area contributed by atoms with Gasteiger partial charge in [0.25, 0.3) is 0 Å². The number of likely N-dealkylation sites (tertiary alicyclic amines) is 1. The van der Waals surface area contributed by atoms with Crippen molar-refractivity contribution in [2.75, 3.05) is 40.3 Å². The van der Waals surface area contributed by atoms with Gasteiger partial charge in [0.2, 0.25) is 11.8 Å². The third-order valence-electron chi connectivity index (χ3n) is 5.82. The van der Waals surface area contributed by atoms with Crippen molar-refractivity contribution in [2.24, 2.45) is 0 Å². The molecule has 0 N–H and O–H groups in total. The summed E-state index contributed by atoms with van der Waals surface area (Å²) < 4.78 is 5.17. The van der Waals surface area contributed by atoms with Gasteiger partial charge in [-0.25, -0.2) is 0 Å². The van der Waals surface area contributed by atoms with Crippen LogP contribution >= 0.6 is 0 Å². The van der Waals surface area contributed by atoms with Gasteiger partial charge >= 0.3 is 0 Å². The molecule has 6 nitrogen and oxygen atoms in total. The summed E-state index contributed by atoms with van der Waals surface area (Å²) in [4.78, 5) is 31.0. The molecule has 0 bridgehead atoms. The van der Waals surface area contributed by atoms with Crippen molar-refractivity contribution in [1.82, 2.24) is 14.7 Å². The number of hydrogen-bond donors (Lipinski definition) is 0. The summed E-state index contributed by atoms with van der Waals surface area (Å²) >= 11 is 0. The van der Waals surface area contributed by atoms with Gasteiger partial charge in [-0.15, -0.1) is 0 Å². The molecule has 0 saturated carbocycles. The summed E-state index contributed by atoms with van der Waals surface area (Å²) in [6.07, 6.45) is 5.13. The number of hydrogen-bond acceptors (Lipinski definition) is 4. The van der Waals surface area contributed by atoms with Gasteiger partial charge < -0.3 is 19.4 Å². The van der Waals surface area contributed by atoms with Crippen molar-refractivity contribution in [3.8, 4) is 5.75 Å². The summed E-state index contributed by atoms with van der Waals surface area (Å²) in [5, 5.41) is 0. The minimum atomic E-state index is 0.0280. The number of piperazine rings is 1. The first kappa shape index (κ1) is 19.7. The van der Waals surface area contributed by atoms with E-state index in [1.54, 1.807) is 12.0 Å². The number of carbonyl (C=O) groups is 2. The Morgan fingerprint density at radius 2 is 1.93 bits per heavy atom. The molecule has 2 saturated heterocycles. The maximum atomic E-state index is 12.6. The summed E-state index contributed by atoms with van der Waals surface area (Å²) in [6.45, 7) is 3.13. The fourth-order valence-corrected chi connectivity index (χ4v) is 4.00. The van der Waals surface area contributed by atoms with E-state index in [9.17, 15) is 9.59 Å². The molecule has 0 unspecified atom stereocenters. The van der Waals surface area contributed by atoms with Crippen molar-refractivity contribution in [3.63, 3.8) is 0 Å². The summed E-state index contributed by atoms with van der Waals surface area (Å²) in [7, 11) is 3.79. The topological polar surface area (TPSA) is 53.1 Å². The van der Waals surface area contributed by atoms with E-state index in [0.717, 1.165) is 24.3 Å². The minimum Gasteiger partial charge on any atom is -0.497 e. The molecule has 1 atom stereocenters. The summed E-state index contributed by atoms with van der Waals surface area (Å²) in [5.74, 6) is 0.954. The van der Waals surface area contributed by atoms with E-state index in [0.29, 0.717) is 32.1 Å². The molecule has 148 valence electrons. The smallest absolute Gasteiger partial charge is 0.242 e. The maximum Gasteiger partial charge on any atom is 0.242 e. The number of piperidine rings is 1. The number of carbonyl (C=O) groups excluding carboxylic acids is 2. The fourth-order valence-electron chi connectivity index (χ4n) is 4.00. The molecule has 2 heterocycles. The normalized spacial score (nSPS) is 21.4. The predicted molar refractivity (Wildman–Crippen MR) is 104 cm³/mol. The van der Waals surface area contributed by atoms with Crippen molar-refractivity contribution >= 4 is 11.8 Å². The monoisotopic (exact) mass is 373 g/mol. The molecule has 2 fully saturated rings. The SMILES string of the molecule is COc1ccc(CN2CCN(C(=O)CC[C@H]3CCCCN3C)CC2=O)cc1. The van der Waals surface area contributed by atoms with Crippen LogP contribution in [0, 0.1) is 0 Å². The van der Waals surface area contributed by atoms with Crippen LogP contribution in [0.5, 0.6) is 5.75 Å². The van der Waals surface area contributed by atoms with Gasteiger partial charge in [-0.2, -0.15) is 0 Å². The average Bonchev–Trinajstić information content (AvgIpc) is 2.69. The van der Waals surface area contributed by atoms with Gasteiger partial charge in [0.1, 0.15) is 5.75 Å². The zero-order valence-corrected chi connectivity index (χ0v) is 16.5. The second-order valence-corrected chi connectivity index (χ2v) is 7.65. The van der Waals surface area contributed by atoms with Crippen LogP contribution in [0.25, 0.3) is 0 Å². The minimum absolute atomic E-state index is 0.0280. The molecule has 1 aromatic rings. The Hall–Kier alpha value is -2.08. The number of benzene rings is 1. The Kier molecular flexibility index (Phi) is 6.72. The first-order valence-electron chi connectivity index (χ1n) is 9.95. The van der Waals surface area contributed by atoms with Crippen molar-refractivity contribution in [2.45, 2.75) is 44.7 Å². The Morgan fingerprint density at radius 3 is 2.59 bits per heavy atom. The molecule has 0 aliphatic carbocycles. The van der Waals surface area contributed by atoms with Crippen molar-refractivity contribution in [3.05, 3.63) is 29.8 Å². The zero-order valence-electron chi connectivity index (χ0n) is 16.5. The number of ether oxygens (including phenoxy) is 1. The van der Waals surface area contributed by atoms with Crippen LogP contribution in [0.3, 0.4) is 0 Å². The Labute approximate surface area is 162 Å². The first-order chi connectivity index (χ1) is 13.1. The molecule has 6 heteroatoms. The van der Waals surface area contributed by atoms with E-state index in [-0.39, 0.29) is 18.4 Å². The number of methoxy groups -OCH3 is 1. The van der Waals surface area contributed by atoms with Gasteiger partial charge in [-0.3, -0.25) is 9.59 Å². The lowest BCUT2D eigenvalue weighted by Gasteiger charge is -2.36. The second kappa shape index (κ2) is 9.22. The highest BCUT2D eigenvalue weighted by molar-refractivity contribution is 5.86. The maximum absolute atomic E-state index is 12.6. The molecule has 0 spiro atoms. The van der Waals surface area contributed by atoms with E-state index in [1.807, 2.05) is 29.2 Å². The van der Waals surface area contributed by atoms with E-state index in [4.69, 9.17) is 4.74 Å². The zero-order chi connectivity index (χ0) is 19.2. The number of nitrogens with zero attached hydrogens (tertiary/aromatic N) is 3. The first-order valence-corrected chi connectivity index (χ1v) is 9.95. The van der Waals surface area contributed by atoms with Gasteiger partial charge in [0, 0.05) is 32.1 Å². The lowest BCUT2D eigenvalue weighted by Crippen LogP contribution is -2.52. The molecule has 0 radical (unpaired) electrons. The van der Waals surface area contributed by atoms with Gasteiger partial charge in [-0.1, -0.05) is 18.6 Å². The van der Waals surface area contributed by atoms with Crippen molar-refractivity contribution < 1.29 is 14.3 Å². The highest BCUT2D eigenvalue weighted by atomic mass is 16.5. The van der Waals surface area contributed by atoms with Gasteiger partial charge in [0.15, 0.2) is 0 Å². The van der Waals surface area contributed by atoms with E-state index >= 15 is 0 Å². The average molecular weight is 373 g/mol. The van der Waals surface area contributed by atoms with Crippen LogP contribution in [-0.4, -0.2) is 72.9 Å². The third-order valence-corrected chi connectivity index (χ3v) is 5.82. The molecule has 3 rings (SSSR count). The lowest BCUT2D eigenvalue weighted by molar-refractivity contribution is -0.145. The van der Waals surface area contributed by atoms with E-state index in [2.05, 4.69) is 11.9 Å². The van der Waals surface area contributed by atoms with Crippen LogP contribution in [0.4, 0.5) is 0 Å². The molecular formula is C21H31N3O3. The quantitative estimate of drug-likeness (QED) is 0.767. The van der Waals surface area contributed by atoms with Crippen LogP contribution in [0.15, 0.2) is 24.3 Å². The highest BCUT2D eigenvalue weighted by Gasteiger charge is 2.28. The van der Waals surface area contributed by atoms with Crippen LogP contribution in [0.1, 0.15) is 37.7 Å². The number of rotatable bonds is 6. The van der Waals surface area contributed by atoms with Crippen LogP contribution in [0.2, 0.25) is 0 Å². The lowest BCUT2D eigenvalue weighted by atomic mass is 9.98. The van der Waals surface area contributed by atoms with E-state index in [1.165, 1.54) is 19.3 Å². The molecule has 2 aliphatic rings. The van der Waals surface area contributed by atoms with Gasteiger partial charge in [-0.05, 0) is 50.6 Å². The summed E-state index contributed by atoms with van der Waals surface area (Å²) in [6, 6.07) is 8.27. The molecular weight excluding hydrogens is 342 g/mol. The van der Waals surface area contributed by atoms with Crippen LogP contribution in [-0.2, 0) is 16.1 Å². The van der Waals surface area contributed by atoms with E-state index < -0.39 is 0 Å². The summed E-state index contributed by atoms with van der Waals surface area (Å²) in [5.41, 5.74) is 1.07. The molecule has 0 aromatic heterocycles. The molecule has 2 amide bonds. The third kappa shape index (κ3) is 5.22. The Morgan fingerprint density at radius 1 is 1.15 bits per heavy atom. The Balaban J connectivity index is 1.45. The molecule has 27 heavy (non-hydrogen) atoms. The standard InChI is InChI=1S/C21H31N3O3/c1-22-12-4-3-5-18(22)8-11-20(25)24-14-13-23(21(26)16-24)15-17-6-9-19(27-2)10-7-17/h6-7,9-10,18H,3-5,8,11-16H2,1-2H3/t18-/m1/s1. The van der Waals surface area contributed by atoms with Crippen molar-refractivity contribution in [1.29, 1.82) is 0 Å². The predicted octanol–water partition coefficient (Wildman–Crippen LogP) is 2.13. The van der Waals surface area contributed by atoms with Gasteiger partial charge in [0.05, 0.1) is 13.7 Å². The second-order valence-electron chi connectivity index (χ2n) is 7.65. The fraction of sp³-hybridized carbons (Fsp3) is 0.619. The molecule has 1 aromatic carbocycles. The van der Waals surface area contributed by atoms with Crippen LogP contribution < -0.4 is 4.74 Å². The Bertz CT molecular complexity index is 647.